The quantitative estimate of drug-likeness (QED) is 0.681. The first kappa shape index (κ1) is 12.2. The van der Waals surface area contributed by atoms with Crippen LogP contribution >= 0.6 is 0 Å². The normalized spacial score (nSPS) is 18.9. The number of methoxy groups -OCH3 is 1. The largest absolute Gasteiger partial charge is 0.496 e. The van der Waals surface area contributed by atoms with E-state index in [4.69, 9.17) is 4.74 Å². The molecule has 0 heterocycles. The van der Waals surface area contributed by atoms with Gasteiger partial charge in [-0.05, 0) is 59.6 Å². The predicted octanol–water partition coefficient (Wildman–Crippen LogP) is 4.55. The van der Waals surface area contributed by atoms with Crippen molar-refractivity contribution in [3.05, 3.63) is 34.9 Å². The lowest BCUT2D eigenvalue weighted by atomic mass is 10.0. The van der Waals surface area contributed by atoms with E-state index in [0.29, 0.717) is 11.8 Å². The summed E-state index contributed by atoms with van der Waals surface area (Å²) in [5.41, 5.74) is 5.59. The minimum atomic E-state index is 0.592. The van der Waals surface area contributed by atoms with Gasteiger partial charge in [0.15, 0.2) is 0 Å². The molecule has 1 aliphatic rings. The molecule has 0 unspecified atom stereocenters. The van der Waals surface area contributed by atoms with E-state index < -0.39 is 0 Å². The van der Waals surface area contributed by atoms with Gasteiger partial charge in [0.2, 0.25) is 0 Å². The average molecular weight is 233 g/mol. The van der Waals surface area contributed by atoms with Gasteiger partial charge in [0, 0.05) is 0 Å². The van der Waals surface area contributed by atoms with Crippen LogP contribution in [0.3, 0.4) is 0 Å². The van der Waals surface area contributed by atoms with Crippen LogP contribution in [0.15, 0.2) is 18.2 Å². The van der Waals surface area contributed by atoms with Crippen LogP contribution in [-0.2, 0) is 0 Å². The summed E-state index contributed by atoms with van der Waals surface area (Å²) in [6.07, 6.45) is 3.55. The highest BCUT2D eigenvalue weighted by molar-refractivity contribution is 5.73. The lowest BCUT2D eigenvalue weighted by Gasteiger charge is -2.26. The molecule has 0 N–H and O–H groups in total. The van der Waals surface area contributed by atoms with Gasteiger partial charge < -0.3 is 4.74 Å². The molecule has 0 saturated heterocycles. The van der Waals surface area contributed by atoms with Gasteiger partial charge in [0.25, 0.3) is 0 Å². The molecule has 0 aliphatic heterocycles. The van der Waals surface area contributed by atoms with Gasteiger partial charge in [-0.2, -0.15) is 0 Å². The summed E-state index contributed by atoms with van der Waals surface area (Å²) in [6.45, 7) is 8.95. The molecule has 1 heteroatoms. The number of rotatable bonds is 2. The molecule has 1 aromatic rings. The highest BCUT2D eigenvalue weighted by atomic mass is 16.5. The first-order valence-electron chi connectivity index (χ1n) is 6.43. The molecule has 92 valence electrons. The first-order chi connectivity index (χ1) is 8.04. The number of ether oxygens (including phenoxy) is 1. The Balaban J connectivity index is 2.58. The Morgan fingerprint density at radius 2 is 2.00 bits per heavy atom. The van der Waals surface area contributed by atoms with Crippen molar-refractivity contribution in [2.45, 2.75) is 40.0 Å². The Kier molecular flexibility index (Phi) is 3.28. The second-order valence-electron chi connectivity index (χ2n) is 5.36. The third-order valence-corrected chi connectivity index (χ3v) is 3.72. The lowest BCUT2D eigenvalue weighted by Crippen LogP contribution is -2.08. The van der Waals surface area contributed by atoms with E-state index in [0.717, 1.165) is 12.2 Å². The molecule has 0 spiro atoms. The van der Waals surface area contributed by atoms with Crippen molar-refractivity contribution < 1.29 is 4.74 Å². The molecular formula is C16H22O. The molecule has 0 amide bonds. The Morgan fingerprint density at radius 1 is 1.29 bits per heavy atom. The summed E-state index contributed by atoms with van der Waals surface area (Å²) in [6, 6.07) is 4.51. The number of fused-ring (bicyclic) bond motifs is 1. The van der Waals surface area contributed by atoms with E-state index in [-0.39, 0.29) is 0 Å². The van der Waals surface area contributed by atoms with Gasteiger partial charge in [-0.25, -0.2) is 0 Å². The maximum atomic E-state index is 5.44. The van der Waals surface area contributed by atoms with Crippen LogP contribution in [0.25, 0.3) is 5.57 Å². The molecular weight excluding hydrogens is 211 g/mol. The number of allylic oxidation sites excluding steroid dienone is 2. The maximum absolute atomic E-state index is 5.44. The molecule has 0 saturated carbocycles. The van der Waals surface area contributed by atoms with Crippen LogP contribution in [0, 0.1) is 12.8 Å². The molecule has 1 atom stereocenters. The summed E-state index contributed by atoms with van der Waals surface area (Å²) in [4.78, 5) is 0. The van der Waals surface area contributed by atoms with Crippen molar-refractivity contribution in [3.8, 4) is 5.75 Å². The topological polar surface area (TPSA) is 9.23 Å². The van der Waals surface area contributed by atoms with Gasteiger partial charge in [-0.3, -0.25) is 0 Å². The van der Waals surface area contributed by atoms with Crippen LogP contribution < -0.4 is 4.74 Å². The van der Waals surface area contributed by atoms with Crippen molar-refractivity contribution >= 4 is 5.57 Å². The molecule has 1 aliphatic carbocycles. The average Bonchev–Trinajstić information content (AvgIpc) is 2.28. The maximum Gasteiger partial charge on any atom is 0.122 e. The van der Waals surface area contributed by atoms with Crippen LogP contribution in [0.5, 0.6) is 5.75 Å². The summed E-state index contributed by atoms with van der Waals surface area (Å²) < 4.78 is 5.44. The van der Waals surface area contributed by atoms with E-state index in [1.807, 2.05) is 0 Å². The third kappa shape index (κ3) is 2.11. The molecule has 0 bridgehead atoms. The summed E-state index contributed by atoms with van der Waals surface area (Å²) >= 11 is 0. The van der Waals surface area contributed by atoms with Crippen molar-refractivity contribution in [2.75, 3.05) is 7.11 Å². The van der Waals surface area contributed by atoms with Crippen LogP contribution in [0.4, 0.5) is 0 Å². The molecule has 17 heavy (non-hydrogen) atoms. The number of hydrogen-bond donors (Lipinski definition) is 0. The van der Waals surface area contributed by atoms with Gasteiger partial charge in [0.05, 0.1) is 7.11 Å². The van der Waals surface area contributed by atoms with Crippen molar-refractivity contribution in [1.82, 2.24) is 0 Å². The Hall–Kier alpha value is -1.24. The van der Waals surface area contributed by atoms with Gasteiger partial charge in [-0.15, -0.1) is 0 Å². The van der Waals surface area contributed by atoms with Crippen LogP contribution in [0.2, 0.25) is 0 Å². The lowest BCUT2D eigenvalue weighted by molar-refractivity contribution is 0.410. The minimum Gasteiger partial charge on any atom is -0.496 e. The van der Waals surface area contributed by atoms with Gasteiger partial charge in [0.1, 0.15) is 5.75 Å². The van der Waals surface area contributed by atoms with Gasteiger partial charge >= 0.3 is 0 Å². The van der Waals surface area contributed by atoms with Crippen LogP contribution in [-0.4, -0.2) is 7.11 Å². The summed E-state index contributed by atoms with van der Waals surface area (Å²) in [5.74, 6) is 2.21. The fraction of sp³-hybridized carbons (Fsp3) is 0.500. The Bertz CT molecular complexity index is 455. The second-order valence-corrected chi connectivity index (χ2v) is 5.36. The zero-order valence-electron chi connectivity index (χ0n) is 11.5. The SMILES string of the molecule is COc1c[13c]2c([13cH]c1C)[13C](C(C)C)=CC[C@@H]2C. The molecule has 1 aromatic carbocycles. The Morgan fingerprint density at radius 3 is 2.59 bits per heavy atom. The minimum absolute atomic E-state index is 0.592. The van der Waals surface area contributed by atoms with Crippen LogP contribution in [0.1, 0.15) is 49.8 Å². The van der Waals surface area contributed by atoms with E-state index in [9.17, 15) is 0 Å². The van der Waals surface area contributed by atoms with E-state index >= 15 is 0 Å². The second kappa shape index (κ2) is 4.56. The van der Waals surface area contributed by atoms with E-state index in [1.54, 1.807) is 7.11 Å². The van der Waals surface area contributed by atoms with Crippen molar-refractivity contribution in [1.29, 1.82) is 0 Å². The molecule has 1 nitrogen and oxygen atoms in total. The third-order valence-electron chi connectivity index (χ3n) is 3.72. The zero-order chi connectivity index (χ0) is 12.6. The number of benzene rings is 1. The molecule has 0 fully saturated rings. The summed E-state index contributed by atoms with van der Waals surface area (Å²) in [7, 11) is 1.75. The Labute approximate surface area is 104 Å². The fourth-order valence-corrected chi connectivity index (χ4v) is 2.67. The van der Waals surface area contributed by atoms with Gasteiger partial charge in [-0.1, -0.05) is 26.8 Å². The zero-order valence-corrected chi connectivity index (χ0v) is 11.5. The van der Waals surface area contributed by atoms with E-state index in [2.05, 4.69) is 45.9 Å². The fourth-order valence-electron chi connectivity index (χ4n) is 2.67. The standard InChI is InChI=1S/C16H22O/c1-10(2)13-7-6-11(3)14-9-16(17-5)12(4)8-15(13)14/h7-11H,6H2,1-5H3/t11-/m0/s1/i8+1,13+1,14+1. The highest BCUT2D eigenvalue weighted by Gasteiger charge is 2.21. The molecule has 2 rings (SSSR count). The van der Waals surface area contributed by atoms with Crippen molar-refractivity contribution in [3.63, 3.8) is 0 Å². The van der Waals surface area contributed by atoms with E-state index in [1.165, 1.54) is 22.3 Å². The highest BCUT2D eigenvalue weighted by Crippen LogP contribution is 2.40. The first-order valence-corrected chi connectivity index (χ1v) is 6.43. The summed E-state index contributed by atoms with van der Waals surface area (Å²) in [5, 5.41) is 0. The molecule has 0 radical (unpaired) electrons. The van der Waals surface area contributed by atoms with Crippen molar-refractivity contribution in [2.24, 2.45) is 5.92 Å². The number of aryl methyl sites for hydroxylation is 1. The smallest absolute Gasteiger partial charge is 0.122 e. The predicted molar refractivity (Wildman–Crippen MR) is 73.6 cm³/mol. The molecule has 0 aromatic heterocycles. The number of hydrogen-bond acceptors (Lipinski definition) is 1. The monoisotopic (exact) mass is 233 g/mol.